The van der Waals surface area contributed by atoms with Crippen LogP contribution in [0, 0.1) is 5.92 Å². The molecular formula is C22H26NO3+. The third-order valence-corrected chi connectivity index (χ3v) is 4.23. The SMILES string of the molecule is C=CC(=O)OCC[N+](C)(C)Cc1ccc(C(=O)C2C=CC=CC=C2)cc1. The number of carbonyl (C=O) groups excluding carboxylic acids is 2. The van der Waals surface area contributed by atoms with Crippen molar-refractivity contribution in [2.24, 2.45) is 5.92 Å². The fourth-order valence-corrected chi connectivity index (χ4v) is 2.73. The highest BCUT2D eigenvalue weighted by molar-refractivity contribution is 6.00. The van der Waals surface area contributed by atoms with Crippen molar-refractivity contribution in [2.75, 3.05) is 27.2 Å². The molecular weight excluding hydrogens is 326 g/mol. The van der Waals surface area contributed by atoms with Crippen molar-refractivity contribution in [2.45, 2.75) is 6.54 Å². The molecule has 0 radical (unpaired) electrons. The zero-order valence-corrected chi connectivity index (χ0v) is 15.4. The first-order valence-electron chi connectivity index (χ1n) is 8.67. The van der Waals surface area contributed by atoms with Crippen molar-refractivity contribution in [3.8, 4) is 0 Å². The molecule has 2 rings (SSSR count). The van der Waals surface area contributed by atoms with E-state index >= 15 is 0 Å². The number of allylic oxidation sites excluding steroid dienone is 6. The topological polar surface area (TPSA) is 43.4 Å². The van der Waals surface area contributed by atoms with E-state index in [9.17, 15) is 9.59 Å². The molecule has 0 saturated heterocycles. The Bertz CT molecular complexity index is 723. The van der Waals surface area contributed by atoms with E-state index in [1.165, 1.54) is 6.08 Å². The minimum absolute atomic E-state index is 0.0952. The number of nitrogens with zero attached hydrogens (tertiary/aromatic N) is 1. The molecule has 0 fully saturated rings. The van der Waals surface area contributed by atoms with E-state index in [2.05, 4.69) is 20.7 Å². The quantitative estimate of drug-likeness (QED) is 0.311. The number of ketones is 1. The number of likely N-dealkylation sites (N-methyl/N-ethyl adjacent to an activating group) is 1. The molecule has 0 bridgehead atoms. The molecule has 26 heavy (non-hydrogen) atoms. The number of benzene rings is 1. The average Bonchev–Trinajstić information content (AvgIpc) is 2.90. The number of ether oxygens (including phenoxy) is 1. The minimum atomic E-state index is -0.398. The molecule has 1 aliphatic rings. The molecule has 0 atom stereocenters. The van der Waals surface area contributed by atoms with Gasteiger partial charge in [0.25, 0.3) is 0 Å². The molecule has 136 valence electrons. The summed E-state index contributed by atoms with van der Waals surface area (Å²) in [5, 5.41) is 0. The van der Waals surface area contributed by atoms with Crippen LogP contribution in [0.1, 0.15) is 15.9 Å². The summed E-state index contributed by atoms with van der Waals surface area (Å²) in [6, 6.07) is 7.75. The van der Waals surface area contributed by atoms with Gasteiger partial charge in [-0.3, -0.25) is 4.79 Å². The molecule has 0 N–H and O–H groups in total. The number of hydrogen-bond donors (Lipinski definition) is 0. The highest BCUT2D eigenvalue weighted by Crippen LogP contribution is 2.16. The molecule has 1 aliphatic carbocycles. The van der Waals surface area contributed by atoms with Gasteiger partial charge in [0.15, 0.2) is 5.78 Å². The van der Waals surface area contributed by atoms with E-state index in [-0.39, 0.29) is 11.7 Å². The molecule has 1 aromatic carbocycles. The Morgan fingerprint density at radius 2 is 1.69 bits per heavy atom. The first kappa shape index (κ1) is 19.6. The third-order valence-electron chi connectivity index (χ3n) is 4.23. The Morgan fingerprint density at radius 1 is 1.08 bits per heavy atom. The Hall–Kier alpha value is -2.72. The maximum atomic E-state index is 12.6. The molecule has 0 amide bonds. The number of carbonyl (C=O) groups is 2. The first-order chi connectivity index (χ1) is 12.4. The highest BCUT2D eigenvalue weighted by atomic mass is 16.5. The molecule has 1 aromatic rings. The van der Waals surface area contributed by atoms with Gasteiger partial charge in [-0.1, -0.05) is 67.3 Å². The Labute approximate surface area is 155 Å². The lowest BCUT2D eigenvalue weighted by Crippen LogP contribution is -2.41. The van der Waals surface area contributed by atoms with Crippen LogP contribution in [0.4, 0.5) is 0 Å². The molecule has 4 nitrogen and oxygen atoms in total. The first-order valence-corrected chi connectivity index (χ1v) is 8.67. The maximum Gasteiger partial charge on any atom is 0.330 e. The van der Waals surface area contributed by atoms with E-state index in [1.54, 1.807) is 0 Å². The normalized spacial score (nSPS) is 14.1. The monoisotopic (exact) mass is 352 g/mol. The van der Waals surface area contributed by atoms with Crippen LogP contribution in [0.2, 0.25) is 0 Å². The number of rotatable bonds is 8. The van der Waals surface area contributed by atoms with Gasteiger partial charge in [-0.2, -0.15) is 0 Å². The fraction of sp³-hybridized carbons (Fsp3) is 0.273. The van der Waals surface area contributed by atoms with Crippen molar-refractivity contribution in [1.29, 1.82) is 0 Å². The fourth-order valence-electron chi connectivity index (χ4n) is 2.73. The number of quaternary nitrogens is 1. The van der Waals surface area contributed by atoms with E-state index < -0.39 is 5.97 Å². The van der Waals surface area contributed by atoms with Crippen LogP contribution in [0.5, 0.6) is 0 Å². The molecule has 0 spiro atoms. The summed E-state index contributed by atoms with van der Waals surface area (Å²) in [6.45, 7) is 5.22. The van der Waals surface area contributed by atoms with Crippen molar-refractivity contribution in [3.63, 3.8) is 0 Å². The van der Waals surface area contributed by atoms with Crippen LogP contribution in [0.15, 0.2) is 73.4 Å². The highest BCUT2D eigenvalue weighted by Gasteiger charge is 2.18. The minimum Gasteiger partial charge on any atom is -0.457 e. The lowest BCUT2D eigenvalue weighted by molar-refractivity contribution is -0.903. The zero-order chi connectivity index (χ0) is 19.0. The second kappa shape index (κ2) is 9.11. The van der Waals surface area contributed by atoms with Gasteiger partial charge in [0.05, 0.1) is 20.0 Å². The molecule has 0 aromatic heterocycles. The number of esters is 1. The third kappa shape index (κ3) is 5.97. The van der Waals surface area contributed by atoms with Crippen molar-refractivity contribution in [1.82, 2.24) is 0 Å². The van der Waals surface area contributed by atoms with Gasteiger partial charge in [0.2, 0.25) is 0 Å². The molecule has 0 unspecified atom stereocenters. The molecule has 0 heterocycles. The molecule has 4 heteroatoms. The summed E-state index contributed by atoms with van der Waals surface area (Å²) in [7, 11) is 4.16. The van der Waals surface area contributed by atoms with Gasteiger partial charge in [-0.25, -0.2) is 4.79 Å². The van der Waals surface area contributed by atoms with Crippen LogP contribution >= 0.6 is 0 Å². The van der Waals surface area contributed by atoms with E-state index in [0.717, 1.165) is 12.1 Å². The van der Waals surface area contributed by atoms with Crippen LogP contribution in [0.25, 0.3) is 0 Å². The summed E-state index contributed by atoms with van der Waals surface area (Å²) in [5.41, 5.74) is 1.84. The predicted molar refractivity (Wildman–Crippen MR) is 104 cm³/mol. The van der Waals surface area contributed by atoms with Gasteiger partial charge in [-0.15, -0.1) is 0 Å². The van der Waals surface area contributed by atoms with Crippen molar-refractivity contribution < 1.29 is 18.8 Å². The van der Waals surface area contributed by atoms with Crippen molar-refractivity contribution in [3.05, 3.63) is 84.5 Å². The summed E-state index contributed by atoms with van der Waals surface area (Å²) in [5.74, 6) is -0.523. The summed E-state index contributed by atoms with van der Waals surface area (Å²) in [6.07, 6.45) is 12.6. The lowest BCUT2D eigenvalue weighted by atomic mass is 9.96. The van der Waals surface area contributed by atoms with Crippen LogP contribution in [0.3, 0.4) is 0 Å². The summed E-state index contributed by atoms with van der Waals surface area (Å²) >= 11 is 0. The van der Waals surface area contributed by atoms with Gasteiger partial charge in [-0.05, 0) is 0 Å². The van der Waals surface area contributed by atoms with Gasteiger partial charge < -0.3 is 9.22 Å². The van der Waals surface area contributed by atoms with E-state index in [1.807, 2.05) is 60.7 Å². The zero-order valence-electron chi connectivity index (χ0n) is 15.4. The largest absolute Gasteiger partial charge is 0.457 e. The predicted octanol–water partition coefficient (Wildman–Crippen LogP) is 3.47. The van der Waals surface area contributed by atoms with Crippen molar-refractivity contribution >= 4 is 11.8 Å². The summed E-state index contributed by atoms with van der Waals surface area (Å²) < 4.78 is 5.74. The Kier molecular flexibility index (Phi) is 6.87. The molecule has 0 saturated carbocycles. The van der Waals surface area contributed by atoms with Gasteiger partial charge in [0, 0.05) is 17.2 Å². The average molecular weight is 352 g/mol. The number of Topliss-reactive ketones (excluding diaryl/α,β-unsaturated/α-hetero) is 1. The van der Waals surface area contributed by atoms with Gasteiger partial charge >= 0.3 is 5.97 Å². The Morgan fingerprint density at radius 3 is 2.27 bits per heavy atom. The Balaban J connectivity index is 1.95. The van der Waals surface area contributed by atoms with Crippen LogP contribution in [-0.2, 0) is 16.1 Å². The second-order valence-electron chi connectivity index (χ2n) is 6.93. The van der Waals surface area contributed by atoms with Crippen LogP contribution < -0.4 is 0 Å². The second-order valence-corrected chi connectivity index (χ2v) is 6.93. The smallest absolute Gasteiger partial charge is 0.330 e. The standard InChI is InChI=1S/C22H26NO3/c1-4-21(24)26-16-15-23(2,3)17-18-11-13-20(14-12-18)22(25)19-9-7-5-6-8-10-19/h4-14,19H,1,15-17H2,2-3H3/q+1. The van der Waals surface area contributed by atoms with E-state index in [0.29, 0.717) is 23.2 Å². The van der Waals surface area contributed by atoms with Crippen LogP contribution in [-0.4, -0.2) is 43.5 Å². The van der Waals surface area contributed by atoms with Gasteiger partial charge in [0.1, 0.15) is 19.7 Å². The molecule has 0 aliphatic heterocycles. The number of hydrogen-bond acceptors (Lipinski definition) is 3. The van der Waals surface area contributed by atoms with E-state index in [4.69, 9.17) is 4.74 Å². The summed E-state index contributed by atoms with van der Waals surface area (Å²) in [4.78, 5) is 23.7. The maximum absolute atomic E-state index is 12.6. The lowest BCUT2D eigenvalue weighted by Gasteiger charge is -2.29.